The zero-order valence-corrected chi connectivity index (χ0v) is 15.9. The summed E-state index contributed by atoms with van der Waals surface area (Å²) in [6, 6.07) is 7.87. The minimum Gasteiger partial charge on any atom is -0.496 e. The normalized spacial score (nSPS) is 19.6. The SMILES string of the molecule is CCNC(=S)N1C[C@H](C(=O)NCCOC)[C@@H](c2ccccc2OC)C1. The van der Waals surface area contributed by atoms with E-state index >= 15 is 0 Å². The maximum absolute atomic E-state index is 12.7. The van der Waals surface area contributed by atoms with E-state index in [2.05, 4.69) is 15.5 Å². The number of methoxy groups -OCH3 is 2. The molecule has 138 valence electrons. The van der Waals surface area contributed by atoms with Crippen LogP contribution in [-0.2, 0) is 9.53 Å². The molecule has 0 bridgehead atoms. The van der Waals surface area contributed by atoms with Crippen LogP contribution in [0, 0.1) is 5.92 Å². The van der Waals surface area contributed by atoms with Crippen LogP contribution in [0.4, 0.5) is 0 Å². The number of rotatable bonds is 7. The van der Waals surface area contributed by atoms with Crippen molar-refractivity contribution in [1.29, 1.82) is 0 Å². The topological polar surface area (TPSA) is 62.8 Å². The molecule has 2 atom stereocenters. The average Bonchev–Trinajstić information content (AvgIpc) is 3.07. The molecule has 0 saturated carbocycles. The smallest absolute Gasteiger partial charge is 0.225 e. The van der Waals surface area contributed by atoms with E-state index in [-0.39, 0.29) is 17.7 Å². The number of nitrogens with zero attached hydrogens (tertiary/aromatic N) is 1. The Labute approximate surface area is 154 Å². The molecule has 1 aliphatic heterocycles. The number of hydrogen-bond donors (Lipinski definition) is 2. The molecule has 1 saturated heterocycles. The minimum atomic E-state index is -0.190. The van der Waals surface area contributed by atoms with Crippen molar-refractivity contribution in [3.05, 3.63) is 29.8 Å². The van der Waals surface area contributed by atoms with Gasteiger partial charge in [0.15, 0.2) is 5.11 Å². The summed E-state index contributed by atoms with van der Waals surface area (Å²) < 4.78 is 10.5. The van der Waals surface area contributed by atoms with Gasteiger partial charge in [-0.05, 0) is 30.8 Å². The van der Waals surface area contributed by atoms with Gasteiger partial charge < -0.3 is 25.0 Å². The molecule has 7 heteroatoms. The zero-order chi connectivity index (χ0) is 18.2. The highest BCUT2D eigenvalue weighted by Gasteiger charge is 2.40. The molecule has 0 radical (unpaired) electrons. The van der Waals surface area contributed by atoms with Crippen LogP contribution >= 0.6 is 12.2 Å². The monoisotopic (exact) mass is 365 g/mol. The van der Waals surface area contributed by atoms with Crippen LogP contribution in [0.25, 0.3) is 0 Å². The van der Waals surface area contributed by atoms with Gasteiger partial charge in [0.25, 0.3) is 0 Å². The van der Waals surface area contributed by atoms with E-state index in [0.717, 1.165) is 17.9 Å². The Morgan fingerprint density at radius 2 is 2.04 bits per heavy atom. The number of amides is 1. The van der Waals surface area contributed by atoms with E-state index in [1.165, 1.54) is 0 Å². The Hall–Kier alpha value is -1.86. The zero-order valence-electron chi connectivity index (χ0n) is 15.1. The lowest BCUT2D eigenvalue weighted by molar-refractivity contribution is -0.125. The summed E-state index contributed by atoms with van der Waals surface area (Å²) in [6.07, 6.45) is 0. The molecule has 0 unspecified atom stereocenters. The van der Waals surface area contributed by atoms with E-state index in [0.29, 0.717) is 31.4 Å². The maximum atomic E-state index is 12.7. The number of likely N-dealkylation sites (tertiary alicyclic amines) is 1. The van der Waals surface area contributed by atoms with Crippen molar-refractivity contribution >= 4 is 23.2 Å². The van der Waals surface area contributed by atoms with Crippen LogP contribution < -0.4 is 15.4 Å². The van der Waals surface area contributed by atoms with Gasteiger partial charge in [-0.25, -0.2) is 0 Å². The predicted octanol–water partition coefficient (Wildman–Crippen LogP) is 1.37. The summed E-state index contributed by atoms with van der Waals surface area (Å²) in [5.74, 6) is 0.660. The van der Waals surface area contributed by atoms with Crippen LogP contribution in [0.2, 0.25) is 0 Å². The number of hydrogen-bond acceptors (Lipinski definition) is 4. The molecule has 1 aliphatic rings. The first kappa shape index (κ1) is 19.5. The second kappa shape index (κ2) is 9.58. The molecule has 2 rings (SSSR count). The van der Waals surface area contributed by atoms with E-state index in [9.17, 15) is 4.79 Å². The molecule has 6 nitrogen and oxygen atoms in total. The van der Waals surface area contributed by atoms with Crippen LogP contribution in [0.15, 0.2) is 24.3 Å². The predicted molar refractivity (Wildman–Crippen MR) is 102 cm³/mol. The lowest BCUT2D eigenvalue weighted by Crippen LogP contribution is -2.40. The summed E-state index contributed by atoms with van der Waals surface area (Å²) in [7, 11) is 3.28. The number of nitrogens with one attached hydrogen (secondary N) is 2. The van der Waals surface area contributed by atoms with Gasteiger partial charge in [-0.1, -0.05) is 18.2 Å². The molecule has 0 aliphatic carbocycles. The third-order valence-electron chi connectivity index (χ3n) is 4.42. The first-order chi connectivity index (χ1) is 12.1. The minimum absolute atomic E-state index is 0.0229. The van der Waals surface area contributed by atoms with Crippen molar-refractivity contribution in [2.24, 2.45) is 5.92 Å². The van der Waals surface area contributed by atoms with Crippen LogP contribution in [0.1, 0.15) is 18.4 Å². The summed E-state index contributed by atoms with van der Waals surface area (Å²) in [5, 5.41) is 6.82. The Morgan fingerprint density at radius 3 is 2.72 bits per heavy atom. The quantitative estimate of drug-likeness (QED) is 0.562. The van der Waals surface area contributed by atoms with Gasteiger partial charge >= 0.3 is 0 Å². The molecule has 1 fully saturated rings. The van der Waals surface area contributed by atoms with Crippen molar-refractivity contribution < 1.29 is 14.3 Å². The van der Waals surface area contributed by atoms with E-state index in [4.69, 9.17) is 21.7 Å². The summed E-state index contributed by atoms with van der Waals surface area (Å²) >= 11 is 5.45. The van der Waals surface area contributed by atoms with Crippen LogP contribution in [0.5, 0.6) is 5.75 Å². The standard InChI is InChI=1S/C18H27N3O3S/c1-4-19-18(25)21-11-14(13-7-5-6-8-16(13)24-3)15(12-21)17(22)20-9-10-23-2/h5-8,14-15H,4,9-12H2,1-3H3,(H,19,25)(H,20,22)/t14-,15+/m1/s1. The number of benzene rings is 1. The van der Waals surface area contributed by atoms with Crippen molar-refractivity contribution in [3.63, 3.8) is 0 Å². The van der Waals surface area contributed by atoms with Crippen molar-refractivity contribution in [3.8, 4) is 5.75 Å². The third kappa shape index (κ3) is 4.83. The second-order valence-corrected chi connectivity index (χ2v) is 6.37. The van der Waals surface area contributed by atoms with Gasteiger partial charge in [0.2, 0.25) is 5.91 Å². The highest BCUT2D eigenvalue weighted by Crippen LogP contribution is 2.37. The number of thiocarbonyl (C=S) groups is 1. The average molecular weight is 365 g/mol. The summed E-state index contributed by atoms with van der Waals surface area (Å²) in [4.78, 5) is 14.8. The fraction of sp³-hybridized carbons (Fsp3) is 0.556. The molecule has 25 heavy (non-hydrogen) atoms. The molecule has 1 aromatic carbocycles. The van der Waals surface area contributed by atoms with E-state index < -0.39 is 0 Å². The largest absolute Gasteiger partial charge is 0.496 e. The molecule has 0 aromatic heterocycles. The lowest BCUT2D eigenvalue weighted by Gasteiger charge is -2.20. The van der Waals surface area contributed by atoms with Gasteiger partial charge in [0.05, 0.1) is 19.6 Å². The molecule has 0 spiro atoms. The Balaban J connectivity index is 2.22. The Morgan fingerprint density at radius 1 is 1.28 bits per heavy atom. The second-order valence-electron chi connectivity index (χ2n) is 5.98. The van der Waals surface area contributed by atoms with Crippen molar-refractivity contribution in [2.45, 2.75) is 12.8 Å². The third-order valence-corrected chi connectivity index (χ3v) is 4.82. The van der Waals surface area contributed by atoms with Crippen molar-refractivity contribution in [1.82, 2.24) is 15.5 Å². The molecule has 1 heterocycles. The first-order valence-electron chi connectivity index (χ1n) is 8.54. The number of ether oxygens (including phenoxy) is 2. The Kier molecular flexibility index (Phi) is 7.46. The molecule has 1 aromatic rings. The van der Waals surface area contributed by atoms with E-state index in [1.54, 1.807) is 14.2 Å². The lowest BCUT2D eigenvalue weighted by atomic mass is 9.87. The fourth-order valence-corrected chi connectivity index (χ4v) is 3.49. The van der Waals surface area contributed by atoms with Gasteiger partial charge in [0.1, 0.15) is 5.75 Å². The molecular weight excluding hydrogens is 338 g/mol. The van der Waals surface area contributed by atoms with Gasteiger partial charge in [-0.2, -0.15) is 0 Å². The summed E-state index contributed by atoms with van der Waals surface area (Å²) in [5.41, 5.74) is 1.04. The van der Waals surface area contributed by atoms with Crippen molar-refractivity contribution in [2.75, 3.05) is 47.0 Å². The van der Waals surface area contributed by atoms with Crippen LogP contribution in [0.3, 0.4) is 0 Å². The van der Waals surface area contributed by atoms with E-state index in [1.807, 2.05) is 31.2 Å². The van der Waals surface area contributed by atoms with Gasteiger partial charge in [-0.3, -0.25) is 4.79 Å². The Bertz CT molecular complexity index is 597. The number of carbonyl (C=O) groups is 1. The number of para-hydroxylation sites is 1. The number of carbonyl (C=O) groups excluding carboxylic acids is 1. The molecular formula is C18H27N3O3S. The van der Waals surface area contributed by atoms with Crippen LogP contribution in [-0.4, -0.2) is 62.9 Å². The van der Waals surface area contributed by atoms with Gasteiger partial charge in [-0.15, -0.1) is 0 Å². The van der Waals surface area contributed by atoms with Gasteiger partial charge in [0, 0.05) is 39.2 Å². The first-order valence-corrected chi connectivity index (χ1v) is 8.95. The summed E-state index contributed by atoms with van der Waals surface area (Å²) in [6.45, 7) is 5.05. The fourth-order valence-electron chi connectivity index (χ4n) is 3.19. The molecule has 1 amide bonds. The molecule has 2 N–H and O–H groups in total. The highest BCUT2D eigenvalue weighted by molar-refractivity contribution is 7.80. The maximum Gasteiger partial charge on any atom is 0.225 e. The highest BCUT2D eigenvalue weighted by atomic mass is 32.1.